The highest BCUT2D eigenvalue weighted by atomic mass is 35.5. The van der Waals surface area contributed by atoms with E-state index in [1.165, 1.54) is 9.87 Å². The number of carbonyl (C=O) groups is 1. The molecule has 1 N–H and O–H groups in total. The monoisotopic (exact) mass is 589 g/mol. The maximum atomic E-state index is 13.3. The van der Waals surface area contributed by atoms with Gasteiger partial charge in [0.05, 0.1) is 11.0 Å². The Labute approximate surface area is 245 Å². The van der Waals surface area contributed by atoms with E-state index in [0.29, 0.717) is 42.3 Å². The highest BCUT2D eigenvalue weighted by molar-refractivity contribution is 7.89. The molecule has 1 saturated heterocycles. The molecule has 0 radical (unpaired) electrons. The molecule has 2 unspecified atom stereocenters. The van der Waals surface area contributed by atoms with Crippen LogP contribution in [0.5, 0.6) is 0 Å². The molecule has 1 amide bonds. The maximum Gasteiger partial charge on any atom is 0.246 e. The summed E-state index contributed by atoms with van der Waals surface area (Å²) in [5.74, 6) is 0.892. The molecule has 2 aliphatic rings. The minimum absolute atomic E-state index is 0.0459. The topological polar surface area (TPSA) is 78.9 Å². The van der Waals surface area contributed by atoms with Crippen molar-refractivity contribution in [2.45, 2.75) is 69.9 Å². The number of sulfonamides is 1. The minimum Gasteiger partial charge on any atom is -0.367 e. The zero-order valence-corrected chi connectivity index (χ0v) is 26.0. The van der Waals surface area contributed by atoms with Crippen LogP contribution in [0.25, 0.3) is 0 Å². The molecule has 220 valence electrons. The molecule has 7 nitrogen and oxygen atoms in total. The summed E-state index contributed by atoms with van der Waals surface area (Å²) in [6.07, 6.45) is 4.71. The molecule has 1 saturated carbocycles. The molecular formula is C31H44ClN3O4S. The molecule has 2 aromatic carbocycles. The lowest BCUT2D eigenvalue weighted by molar-refractivity contribution is -0.127. The highest BCUT2D eigenvalue weighted by Crippen LogP contribution is 2.39. The Balaban J connectivity index is 1.20. The summed E-state index contributed by atoms with van der Waals surface area (Å²) in [4.78, 5) is 15.2. The zero-order chi connectivity index (χ0) is 29.0. The molecule has 1 aliphatic heterocycles. The third-order valence-corrected chi connectivity index (χ3v) is 10.9. The molecule has 2 aromatic rings. The second-order valence-electron chi connectivity index (χ2n) is 11.9. The third-order valence-electron chi connectivity index (χ3n) is 8.45. The number of rotatable bonds is 10. The first kappa shape index (κ1) is 31.0. The van der Waals surface area contributed by atoms with Crippen LogP contribution in [0.1, 0.15) is 60.4 Å². The second kappa shape index (κ2) is 13.3. The van der Waals surface area contributed by atoms with Crippen LogP contribution in [0.3, 0.4) is 0 Å². The Morgan fingerprint density at radius 2 is 1.68 bits per heavy atom. The van der Waals surface area contributed by atoms with E-state index in [1.54, 1.807) is 0 Å². The van der Waals surface area contributed by atoms with E-state index >= 15 is 0 Å². The molecule has 1 aliphatic carbocycles. The van der Waals surface area contributed by atoms with Crippen LogP contribution in [0.4, 0.5) is 0 Å². The summed E-state index contributed by atoms with van der Waals surface area (Å²) in [6, 6.07) is 12.3. The van der Waals surface area contributed by atoms with Crippen LogP contribution in [-0.4, -0.2) is 70.0 Å². The number of nitrogens with zero attached hydrogens (tertiary/aromatic N) is 2. The number of amides is 1. The van der Waals surface area contributed by atoms with Crippen LogP contribution in [0.2, 0.25) is 5.02 Å². The Kier molecular flexibility index (Phi) is 10.3. The number of halogens is 1. The third kappa shape index (κ3) is 7.45. The van der Waals surface area contributed by atoms with Gasteiger partial charge in [0, 0.05) is 30.7 Å². The zero-order valence-electron chi connectivity index (χ0n) is 24.5. The second-order valence-corrected chi connectivity index (χ2v) is 14.2. The van der Waals surface area contributed by atoms with Crippen LogP contribution < -0.4 is 5.32 Å². The first-order chi connectivity index (χ1) is 19.0. The van der Waals surface area contributed by atoms with Crippen molar-refractivity contribution in [1.29, 1.82) is 0 Å². The van der Waals surface area contributed by atoms with Gasteiger partial charge < -0.3 is 15.0 Å². The van der Waals surface area contributed by atoms with Crippen LogP contribution >= 0.6 is 11.6 Å². The molecular weight excluding hydrogens is 546 g/mol. The van der Waals surface area contributed by atoms with E-state index in [0.717, 1.165) is 47.4 Å². The van der Waals surface area contributed by atoms with Gasteiger partial charge >= 0.3 is 0 Å². The van der Waals surface area contributed by atoms with E-state index in [-0.39, 0.29) is 25.2 Å². The minimum atomic E-state index is -3.61. The molecule has 0 bridgehead atoms. The number of nitrogens with one attached hydrogen (secondary N) is 1. The van der Waals surface area contributed by atoms with Crippen LogP contribution in [0, 0.1) is 32.6 Å². The van der Waals surface area contributed by atoms with Gasteiger partial charge in [-0.15, -0.1) is 0 Å². The number of hydrogen-bond acceptors (Lipinski definition) is 5. The fourth-order valence-electron chi connectivity index (χ4n) is 6.62. The predicted molar refractivity (Wildman–Crippen MR) is 160 cm³/mol. The van der Waals surface area contributed by atoms with Gasteiger partial charge in [0.15, 0.2) is 0 Å². The Bertz CT molecular complexity index is 1250. The van der Waals surface area contributed by atoms with E-state index in [4.69, 9.17) is 16.3 Å². The van der Waals surface area contributed by atoms with Crippen molar-refractivity contribution < 1.29 is 17.9 Å². The van der Waals surface area contributed by atoms with Gasteiger partial charge in [0.25, 0.3) is 0 Å². The van der Waals surface area contributed by atoms with Crippen molar-refractivity contribution in [3.63, 3.8) is 0 Å². The number of hydrogen-bond donors (Lipinski definition) is 1. The molecule has 0 aromatic heterocycles. The number of aryl methyl sites for hydroxylation is 3. The number of benzene rings is 2. The van der Waals surface area contributed by atoms with Gasteiger partial charge in [-0.2, -0.15) is 4.31 Å². The van der Waals surface area contributed by atoms with Crippen molar-refractivity contribution in [1.82, 2.24) is 14.5 Å². The van der Waals surface area contributed by atoms with Crippen LogP contribution in [-0.2, 0) is 19.6 Å². The molecule has 9 heteroatoms. The van der Waals surface area contributed by atoms with Crippen molar-refractivity contribution in [2.24, 2.45) is 11.8 Å². The summed E-state index contributed by atoms with van der Waals surface area (Å²) in [6.45, 7) is 6.93. The van der Waals surface area contributed by atoms with Gasteiger partial charge in [0.1, 0.15) is 6.61 Å². The van der Waals surface area contributed by atoms with Crippen molar-refractivity contribution >= 4 is 27.5 Å². The first-order valence-corrected chi connectivity index (χ1v) is 16.2. The normalized spacial score (nSPS) is 22.9. The fourth-order valence-corrected chi connectivity index (χ4v) is 8.64. The van der Waals surface area contributed by atoms with Gasteiger partial charge in [0.2, 0.25) is 15.9 Å². The van der Waals surface area contributed by atoms with Gasteiger partial charge in [-0.25, -0.2) is 8.42 Å². The van der Waals surface area contributed by atoms with E-state index in [2.05, 4.69) is 36.4 Å². The smallest absolute Gasteiger partial charge is 0.246 e. The lowest BCUT2D eigenvalue weighted by atomic mass is 9.76. The van der Waals surface area contributed by atoms with E-state index in [9.17, 15) is 13.2 Å². The summed E-state index contributed by atoms with van der Waals surface area (Å²) in [7, 11) is 0.663. The highest BCUT2D eigenvalue weighted by Gasteiger charge is 2.35. The Morgan fingerprint density at radius 3 is 2.27 bits per heavy atom. The summed E-state index contributed by atoms with van der Waals surface area (Å²) in [5.41, 5.74) is 3.87. The van der Waals surface area contributed by atoms with Crippen molar-refractivity contribution in [3.05, 3.63) is 63.7 Å². The van der Waals surface area contributed by atoms with E-state index < -0.39 is 10.0 Å². The molecule has 2 atom stereocenters. The van der Waals surface area contributed by atoms with E-state index in [1.807, 2.05) is 45.0 Å². The molecule has 0 spiro atoms. The molecule has 1 heterocycles. The average molecular weight is 590 g/mol. The Hall–Kier alpha value is -1.97. The lowest BCUT2D eigenvalue weighted by Gasteiger charge is -2.37. The summed E-state index contributed by atoms with van der Waals surface area (Å²) < 4.78 is 34.0. The standard InChI is InChI=1S/C31H44ClN3O4S/c1-21-16-22(2)31(23(3)17-21)40(37,38)35-15-14-28(19-35)39-20-29(36)33-18-24-6-8-25(9-7-24)30(34(4)5)26-10-12-27(32)13-11-26/h10-13,16-17,24-25,28,30H,6-9,14-15,18-20H2,1-5H3,(H,33,36). The van der Waals surface area contributed by atoms with Crippen molar-refractivity contribution in [2.75, 3.05) is 40.3 Å². The SMILES string of the molecule is Cc1cc(C)c(S(=O)(=O)N2CCC(OCC(=O)NCC3CCC(C(c4ccc(Cl)cc4)N(C)C)CC3)C2)c(C)c1. The quantitative estimate of drug-likeness (QED) is 0.408. The number of ether oxygens (including phenoxy) is 1. The Morgan fingerprint density at radius 1 is 1.05 bits per heavy atom. The number of carbonyl (C=O) groups excluding carboxylic acids is 1. The summed E-state index contributed by atoms with van der Waals surface area (Å²) in [5, 5.41) is 3.80. The lowest BCUT2D eigenvalue weighted by Crippen LogP contribution is -2.37. The molecule has 2 fully saturated rings. The predicted octanol–water partition coefficient (Wildman–Crippen LogP) is 5.27. The van der Waals surface area contributed by atoms with Gasteiger partial charge in [-0.1, -0.05) is 41.4 Å². The average Bonchev–Trinajstić information content (AvgIpc) is 3.37. The molecule has 4 rings (SSSR count). The van der Waals surface area contributed by atoms with Crippen LogP contribution in [0.15, 0.2) is 41.3 Å². The van der Waals surface area contributed by atoms with Gasteiger partial charge in [-0.05, 0) is 108 Å². The maximum absolute atomic E-state index is 13.3. The molecule has 40 heavy (non-hydrogen) atoms. The largest absolute Gasteiger partial charge is 0.367 e. The fraction of sp³-hybridized carbons (Fsp3) is 0.581. The first-order valence-electron chi connectivity index (χ1n) is 14.3. The summed E-state index contributed by atoms with van der Waals surface area (Å²) >= 11 is 6.10. The van der Waals surface area contributed by atoms with Crippen molar-refractivity contribution in [3.8, 4) is 0 Å². The van der Waals surface area contributed by atoms with Gasteiger partial charge in [-0.3, -0.25) is 4.79 Å².